The monoisotopic (exact) mass is 488 g/mol. The molecule has 1 atom stereocenters. The van der Waals surface area contributed by atoms with Crippen molar-refractivity contribution in [1.82, 2.24) is 15.3 Å². The summed E-state index contributed by atoms with van der Waals surface area (Å²) < 4.78 is 5.88. The number of amides is 1. The number of carbonyl (C=O) groups is 1. The summed E-state index contributed by atoms with van der Waals surface area (Å²) in [5, 5.41) is 5.04. The van der Waals surface area contributed by atoms with Gasteiger partial charge >= 0.3 is 0 Å². The smallest absolute Gasteiger partial charge is 0.270 e. The molecule has 2 aromatic carbocycles. The lowest BCUT2D eigenvalue weighted by molar-refractivity contribution is -0.125. The molecule has 0 saturated carbocycles. The van der Waals surface area contributed by atoms with Crippen LogP contribution in [0.15, 0.2) is 58.7 Å². The SMILES string of the molecule is COc1cccc(CNC(=O)[C@H]2CCCN(c3nc4c(-c5ccc(C)cc5)csc4c(=O)[nH]3)C2)c1. The topological polar surface area (TPSA) is 87.3 Å². The van der Waals surface area contributed by atoms with Crippen LogP contribution in [0.1, 0.15) is 24.0 Å². The van der Waals surface area contributed by atoms with Gasteiger partial charge in [0.15, 0.2) is 0 Å². The van der Waals surface area contributed by atoms with Crippen molar-refractivity contribution in [3.8, 4) is 16.9 Å². The number of benzene rings is 2. The van der Waals surface area contributed by atoms with Crippen molar-refractivity contribution in [2.45, 2.75) is 26.3 Å². The van der Waals surface area contributed by atoms with Crippen molar-refractivity contribution in [2.24, 2.45) is 5.92 Å². The lowest BCUT2D eigenvalue weighted by Crippen LogP contribution is -2.44. The number of nitrogens with zero attached hydrogens (tertiary/aromatic N) is 2. The van der Waals surface area contributed by atoms with E-state index in [0.29, 0.717) is 29.3 Å². The molecule has 1 saturated heterocycles. The van der Waals surface area contributed by atoms with E-state index >= 15 is 0 Å². The van der Waals surface area contributed by atoms with Crippen LogP contribution in [0.3, 0.4) is 0 Å². The van der Waals surface area contributed by atoms with Gasteiger partial charge in [-0.15, -0.1) is 11.3 Å². The van der Waals surface area contributed by atoms with E-state index in [0.717, 1.165) is 41.8 Å². The number of fused-ring (bicyclic) bond motifs is 1. The van der Waals surface area contributed by atoms with E-state index in [2.05, 4.69) is 41.5 Å². The molecule has 2 N–H and O–H groups in total. The third-order valence-corrected chi connectivity index (χ3v) is 7.44. The van der Waals surface area contributed by atoms with Crippen molar-refractivity contribution in [3.05, 3.63) is 75.4 Å². The van der Waals surface area contributed by atoms with Crippen molar-refractivity contribution in [1.29, 1.82) is 0 Å². The highest BCUT2D eigenvalue weighted by Gasteiger charge is 2.27. The van der Waals surface area contributed by atoms with Crippen LogP contribution in [0, 0.1) is 12.8 Å². The van der Waals surface area contributed by atoms with Crippen LogP contribution >= 0.6 is 11.3 Å². The molecule has 8 heteroatoms. The van der Waals surface area contributed by atoms with Gasteiger partial charge in [-0.1, -0.05) is 42.0 Å². The Bertz CT molecular complexity index is 1410. The van der Waals surface area contributed by atoms with E-state index in [-0.39, 0.29) is 17.4 Å². The molecular weight excluding hydrogens is 460 g/mol. The molecule has 0 aliphatic carbocycles. The predicted octanol–water partition coefficient (Wildman–Crippen LogP) is 4.50. The van der Waals surface area contributed by atoms with Crippen molar-refractivity contribution in [2.75, 3.05) is 25.1 Å². The lowest BCUT2D eigenvalue weighted by Gasteiger charge is -2.32. The zero-order chi connectivity index (χ0) is 24.4. The van der Waals surface area contributed by atoms with Gasteiger partial charge in [0.25, 0.3) is 5.56 Å². The number of H-pyrrole nitrogens is 1. The fourth-order valence-electron chi connectivity index (χ4n) is 4.50. The summed E-state index contributed by atoms with van der Waals surface area (Å²) in [6.45, 7) is 3.76. The van der Waals surface area contributed by atoms with Crippen LogP contribution in [0.2, 0.25) is 0 Å². The highest BCUT2D eigenvalue weighted by molar-refractivity contribution is 7.17. The number of hydrogen-bond donors (Lipinski definition) is 2. The first-order valence-corrected chi connectivity index (χ1v) is 12.6. The summed E-state index contributed by atoms with van der Waals surface area (Å²) in [6, 6.07) is 15.9. The number of aryl methyl sites for hydroxylation is 1. The number of anilines is 1. The molecule has 0 spiro atoms. The zero-order valence-corrected chi connectivity index (χ0v) is 20.7. The number of methoxy groups -OCH3 is 1. The van der Waals surface area contributed by atoms with Gasteiger partial charge in [0.05, 0.1) is 18.5 Å². The molecule has 7 nitrogen and oxygen atoms in total. The number of piperidine rings is 1. The van der Waals surface area contributed by atoms with E-state index < -0.39 is 0 Å². The summed E-state index contributed by atoms with van der Waals surface area (Å²) in [7, 11) is 1.63. The Morgan fingerprint density at radius 1 is 1.26 bits per heavy atom. The zero-order valence-electron chi connectivity index (χ0n) is 19.8. The number of aromatic amines is 1. The van der Waals surface area contributed by atoms with Gasteiger partial charge in [-0.2, -0.15) is 0 Å². The third-order valence-electron chi connectivity index (χ3n) is 6.47. The Kier molecular flexibility index (Phi) is 6.55. The molecule has 5 rings (SSSR count). The standard InChI is InChI=1S/C27H28N4O3S/c1-17-8-10-19(11-9-17)22-16-35-24-23(22)29-27(30-26(24)33)31-12-4-6-20(15-31)25(32)28-14-18-5-3-7-21(13-18)34-2/h3,5,7-11,13,16,20H,4,6,12,14-15H2,1-2H3,(H,28,32)(H,29,30,33)/t20-/m0/s1. The first kappa shape index (κ1) is 23.1. The normalized spacial score (nSPS) is 15.8. The number of ether oxygens (including phenoxy) is 1. The summed E-state index contributed by atoms with van der Waals surface area (Å²) in [5.41, 5.74) is 4.74. The van der Waals surface area contributed by atoms with E-state index in [4.69, 9.17) is 9.72 Å². The molecule has 3 heterocycles. The minimum atomic E-state index is -0.172. The Hall–Kier alpha value is -3.65. The van der Waals surface area contributed by atoms with Gasteiger partial charge in [0.2, 0.25) is 11.9 Å². The minimum absolute atomic E-state index is 0.0109. The van der Waals surface area contributed by atoms with Gasteiger partial charge in [-0.05, 0) is 43.0 Å². The molecule has 180 valence electrons. The van der Waals surface area contributed by atoms with E-state index in [1.54, 1.807) is 7.11 Å². The molecular formula is C27H28N4O3S. The van der Waals surface area contributed by atoms with Gasteiger partial charge in [0.1, 0.15) is 10.4 Å². The Morgan fingerprint density at radius 2 is 2.09 bits per heavy atom. The Balaban J connectivity index is 1.34. The fourth-order valence-corrected chi connectivity index (χ4v) is 5.41. The molecule has 0 bridgehead atoms. The largest absolute Gasteiger partial charge is 0.497 e. The number of hydrogen-bond acceptors (Lipinski definition) is 6. The summed E-state index contributed by atoms with van der Waals surface area (Å²) >= 11 is 1.41. The number of carbonyl (C=O) groups excluding carboxylic acids is 1. The molecule has 0 unspecified atom stereocenters. The minimum Gasteiger partial charge on any atom is -0.497 e. The fraction of sp³-hybridized carbons (Fsp3) is 0.296. The third kappa shape index (κ3) is 4.93. The second-order valence-electron chi connectivity index (χ2n) is 8.94. The molecule has 2 aromatic heterocycles. The molecule has 1 amide bonds. The van der Waals surface area contributed by atoms with E-state index in [1.165, 1.54) is 16.9 Å². The van der Waals surface area contributed by atoms with E-state index in [9.17, 15) is 9.59 Å². The average molecular weight is 489 g/mol. The highest BCUT2D eigenvalue weighted by atomic mass is 32.1. The molecule has 1 aliphatic heterocycles. The molecule has 4 aromatic rings. The Morgan fingerprint density at radius 3 is 2.89 bits per heavy atom. The highest BCUT2D eigenvalue weighted by Crippen LogP contribution is 2.32. The summed E-state index contributed by atoms with van der Waals surface area (Å²) in [4.78, 5) is 35.6. The van der Waals surface area contributed by atoms with Crippen molar-refractivity contribution >= 4 is 33.4 Å². The van der Waals surface area contributed by atoms with Crippen molar-refractivity contribution in [3.63, 3.8) is 0 Å². The van der Waals surface area contributed by atoms with Crippen LogP contribution in [0.4, 0.5) is 5.95 Å². The van der Waals surface area contributed by atoms with Gasteiger partial charge in [-0.3, -0.25) is 14.6 Å². The van der Waals surface area contributed by atoms with Gasteiger partial charge < -0.3 is 15.0 Å². The number of aromatic nitrogens is 2. The number of rotatable bonds is 6. The number of nitrogens with one attached hydrogen (secondary N) is 2. The van der Waals surface area contributed by atoms with Gasteiger partial charge in [0, 0.05) is 30.6 Å². The first-order valence-electron chi connectivity index (χ1n) is 11.8. The van der Waals surface area contributed by atoms with Crippen LogP contribution in [0.5, 0.6) is 5.75 Å². The molecule has 1 fully saturated rings. The molecule has 35 heavy (non-hydrogen) atoms. The molecule has 0 radical (unpaired) electrons. The van der Waals surface area contributed by atoms with Crippen LogP contribution in [0.25, 0.3) is 21.3 Å². The van der Waals surface area contributed by atoms with Crippen molar-refractivity contribution < 1.29 is 9.53 Å². The summed E-state index contributed by atoms with van der Waals surface area (Å²) in [5.74, 6) is 1.13. The lowest BCUT2D eigenvalue weighted by atomic mass is 9.97. The van der Waals surface area contributed by atoms with Crippen LogP contribution in [-0.4, -0.2) is 36.1 Å². The van der Waals surface area contributed by atoms with Crippen LogP contribution in [-0.2, 0) is 11.3 Å². The second-order valence-corrected chi connectivity index (χ2v) is 9.82. The predicted molar refractivity (Wildman–Crippen MR) is 140 cm³/mol. The Labute approximate surface area is 207 Å². The average Bonchev–Trinajstić information content (AvgIpc) is 3.32. The second kappa shape index (κ2) is 9.92. The number of thiophene rings is 1. The first-order chi connectivity index (χ1) is 17.0. The maximum absolute atomic E-state index is 12.9. The van der Waals surface area contributed by atoms with Gasteiger partial charge in [-0.25, -0.2) is 4.98 Å². The van der Waals surface area contributed by atoms with E-state index in [1.807, 2.05) is 34.5 Å². The quantitative estimate of drug-likeness (QED) is 0.417. The molecule has 1 aliphatic rings. The maximum Gasteiger partial charge on any atom is 0.270 e. The van der Waals surface area contributed by atoms with Crippen LogP contribution < -0.4 is 20.5 Å². The summed E-state index contributed by atoms with van der Waals surface area (Å²) in [6.07, 6.45) is 1.66. The maximum atomic E-state index is 12.9.